The zero-order valence-corrected chi connectivity index (χ0v) is 11.1. The number of nitrogens with two attached hydrogens (primary N) is 1. The second-order valence-electron chi connectivity index (χ2n) is 4.05. The number of halogens is 1. The van der Waals surface area contributed by atoms with Gasteiger partial charge < -0.3 is 10.2 Å². The summed E-state index contributed by atoms with van der Waals surface area (Å²) in [6, 6.07) is 7.98. The molecule has 2 aromatic rings. The molecule has 4 heteroatoms. The van der Waals surface area contributed by atoms with Crippen LogP contribution in [0.3, 0.4) is 0 Å². The Labute approximate surface area is 109 Å². The molecule has 0 amide bonds. The normalized spacial score (nSPS) is 12.6. The van der Waals surface area contributed by atoms with Crippen LogP contribution in [0, 0.1) is 0 Å². The number of aromatic nitrogens is 1. The zero-order valence-electron chi connectivity index (χ0n) is 9.47. The summed E-state index contributed by atoms with van der Waals surface area (Å²) >= 11 is 3.36. The second kappa shape index (κ2) is 5.98. The van der Waals surface area contributed by atoms with Gasteiger partial charge in [0.15, 0.2) is 0 Å². The molecular formula is C13H15BrN2O. The van der Waals surface area contributed by atoms with E-state index in [1.165, 1.54) is 0 Å². The van der Waals surface area contributed by atoms with Gasteiger partial charge in [0.05, 0.1) is 6.26 Å². The van der Waals surface area contributed by atoms with Crippen molar-refractivity contribution in [1.29, 1.82) is 0 Å². The second-order valence-corrected chi connectivity index (χ2v) is 4.97. The number of rotatable bonds is 5. The lowest BCUT2D eigenvalue weighted by atomic mass is 10.1. The summed E-state index contributed by atoms with van der Waals surface area (Å²) < 4.78 is 6.26. The summed E-state index contributed by atoms with van der Waals surface area (Å²) in [4.78, 5) is 4.31. The maximum absolute atomic E-state index is 6.07. The smallest absolute Gasteiger partial charge is 0.103 e. The van der Waals surface area contributed by atoms with Crippen LogP contribution in [-0.2, 0) is 12.8 Å². The molecule has 3 nitrogen and oxygen atoms in total. The Morgan fingerprint density at radius 2 is 2.24 bits per heavy atom. The molecule has 0 saturated carbocycles. The molecule has 0 aliphatic carbocycles. The molecule has 2 heterocycles. The maximum Gasteiger partial charge on any atom is 0.103 e. The molecule has 0 aliphatic heterocycles. The highest BCUT2D eigenvalue weighted by Crippen LogP contribution is 2.11. The molecule has 0 radical (unpaired) electrons. The predicted molar refractivity (Wildman–Crippen MR) is 70.6 cm³/mol. The van der Waals surface area contributed by atoms with Crippen LogP contribution in [0.2, 0.25) is 0 Å². The van der Waals surface area contributed by atoms with Gasteiger partial charge in [0.25, 0.3) is 0 Å². The van der Waals surface area contributed by atoms with Gasteiger partial charge in [0.1, 0.15) is 5.76 Å². The Kier molecular flexibility index (Phi) is 4.34. The van der Waals surface area contributed by atoms with E-state index in [2.05, 4.69) is 20.9 Å². The molecule has 0 aromatic carbocycles. The number of furan rings is 1. The molecule has 0 saturated heterocycles. The quantitative estimate of drug-likeness (QED) is 0.922. The van der Waals surface area contributed by atoms with E-state index in [1.54, 1.807) is 12.5 Å². The van der Waals surface area contributed by atoms with Crippen molar-refractivity contribution in [3.05, 3.63) is 52.7 Å². The van der Waals surface area contributed by atoms with Crippen molar-refractivity contribution in [2.45, 2.75) is 25.3 Å². The monoisotopic (exact) mass is 294 g/mol. The Balaban J connectivity index is 1.80. The van der Waals surface area contributed by atoms with Crippen LogP contribution >= 0.6 is 15.9 Å². The third-order valence-corrected chi connectivity index (χ3v) is 3.07. The SMILES string of the molecule is NC(CCc1ccco1)Cc1ccc(Br)cn1. The Bertz CT molecular complexity index is 439. The van der Waals surface area contributed by atoms with Gasteiger partial charge in [-0.25, -0.2) is 0 Å². The maximum atomic E-state index is 6.07. The van der Waals surface area contributed by atoms with E-state index in [4.69, 9.17) is 10.2 Å². The van der Waals surface area contributed by atoms with Crippen LogP contribution in [0.5, 0.6) is 0 Å². The molecular weight excluding hydrogens is 280 g/mol. The first-order valence-electron chi connectivity index (χ1n) is 5.62. The topological polar surface area (TPSA) is 52.0 Å². The number of hydrogen-bond donors (Lipinski definition) is 1. The van der Waals surface area contributed by atoms with E-state index in [0.717, 1.165) is 35.2 Å². The molecule has 2 aromatic heterocycles. The van der Waals surface area contributed by atoms with Crippen LogP contribution in [0.25, 0.3) is 0 Å². The standard InChI is InChI=1S/C13H15BrN2O/c14-10-3-5-12(16-9-10)8-11(15)4-6-13-2-1-7-17-13/h1-3,5,7,9,11H,4,6,8,15H2. The van der Waals surface area contributed by atoms with E-state index < -0.39 is 0 Å². The molecule has 90 valence electrons. The Morgan fingerprint density at radius 1 is 1.35 bits per heavy atom. The van der Waals surface area contributed by atoms with Crippen LogP contribution in [0.15, 0.2) is 45.6 Å². The van der Waals surface area contributed by atoms with Crippen molar-refractivity contribution in [3.8, 4) is 0 Å². The highest BCUT2D eigenvalue weighted by Gasteiger charge is 2.06. The fraction of sp³-hybridized carbons (Fsp3) is 0.308. The molecule has 0 bridgehead atoms. The Hall–Kier alpha value is -1.13. The van der Waals surface area contributed by atoms with Crippen molar-refractivity contribution in [2.24, 2.45) is 5.73 Å². The van der Waals surface area contributed by atoms with Gasteiger partial charge in [-0.05, 0) is 46.6 Å². The van der Waals surface area contributed by atoms with Gasteiger partial charge in [0.2, 0.25) is 0 Å². The lowest BCUT2D eigenvalue weighted by Gasteiger charge is -2.09. The number of nitrogens with zero attached hydrogens (tertiary/aromatic N) is 1. The van der Waals surface area contributed by atoms with Gasteiger partial charge in [0, 0.05) is 35.2 Å². The number of pyridine rings is 1. The van der Waals surface area contributed by atoms with Gasteiger partial charge in [-0.3, -0.25) is 4.98 Å². The predicted octanol–water partition coefficient (Wildman–Crippen LogP) is 2.94. The van der Waals surface area contributed by atoms with Crippen molar-refractivity contribution in [1.82, 2.24) is 4.98 Å². The minimum atomic E-state index is 0.119. The van der Waals surface area contributed by atoms with Crippen LogP contribution in [0.4, 0.5) is 0 Å². The molecule has 1 atom stereocenters. The van der Waals surface area contributed by atoms with Gasteiger partial charge in [-0.1, -0.05) is 0 Å². The van der Waals surface area contributed by atoms with Crippen molar-refractivity contribution >= 4 is 15.9 Å². The third-order valence-electron chi connectivity index (χ3n) is 2.60. The summed E-state index contributed by atoms with van der Waals surface area (Å²) in [5.74, 6) is 0.990. The summed E-state index contributed by atoms with van der Waals surface area (Å²) in [6.07, 6.45) is 6.08. The molecule has 0 spiro atoms. The summed E-state index contributed by atoms with van der Waals surface area (Å²) in [6.45, 7) is 0. The van der Waals surface area contributed by atoms with Crippen molar-refractivity contribution in [3.63, 3.8) is 0 Å². The molecule has 2 rings (SSSR count). The highest BCUT2D eigenvalue weighted by atomic mass is 79.9. The zero-order chi connectivity index (χ0) is 12.1. The first-order valence-corrected chi connectivity index (χ1v) is 6.42. The van der Waals surface area contributed by atoms with Gasteiger partial charge >= 0.3 is 0 Å². The molecule has 17 heavy (non-hydrogen) atoms. The van der Waals surface area contributed by atoms with Crippen LogP contribution in [0.1, 0.15) is 17.9 Å². The average Bonchev–Trinajstić information content (AvgIpc) is 2.83. The van der Waals surface area contributed by atoms with Gasteiger partial charge in [-0.2, -0.15) is 0 Å². The minimum Gasteiger partial charge on any atom is -0.469 e. The van der Waals surface area contributed by atoms with Crippen molar-refractivity contribution < 1.29 is 4.42 Å². The largest absolute Gasteiger partial charge is 0.469 e. The molecule has 0 aliphatic rings. The molecule has 1 unspecified atom stereocenters. The fourth-order valence-corrected chi connectivity index (χ4v) is 1.91. The van der Waals surface area contributed by atoms with E-state index >= 15 is 0 Å². The van der Waals surface area contributed by atoms with Crippen LogP contribution < -0.4 is 5.73 Å². The lowest BCUT2D eigenvalue weighted by molar-refractivity contribution is 0.483. The minimum absolute atomic E-state index is 0.119. The first-order chi connectivity index (χ1) is 8.24. The van der Waals surface area contributed by atoms with Gasteiger partial charge in [-0.15, -0.1) is 0 Å². The third kappa shape index (κ3) is 3.98. The van der Waals surface area contributed by atoms with E-state index in [0.29, 0.717) is 0 Å². The summed E-state index contributed by atoms with van der Waals surface area (Å²) in [7, 11) is 0. The Morgan fingerprint density at radius 3 is 2.88 bits per heavy atom. The summed E-state index contributed by atoms with van der Waals surface area (Å²) in [5.41, 5.74) is 7.09. The molecule has 2 N–H and O–H groups in total. The fourth-order valence-electron chi connectivity index (χ4n) is 1.68. The lowest BCUT2D eigenvalue weighted by Crippen LogP contribution is -2.23. The average molecular weight is 295 g/mol. The molecule has 0 fully saturated rings. The van der Waals surface area contributed by atoms with E-state index in [9.17, 15) is 0 Å². The van der Waals surface area contributed by atoms with E-state index in [1.807, 2.05) is 24.3 Å². The number of hydrogen-bond acceptors (Lipinski definition) is 3. The van der Waals surface area contributed by atoms with Crippen molar-refractivity contribution in [2.75, 3.05) is 0 Å². The number of aryl methyl sites for hydroxylation is 1. The van der Waals surface area contributed by atoms with Crippen LogP contribution in [-0.4, -0.2) is 11.0 Å². The van der Waals surface area contributed by atoms with E-state index in [-0.39, 0.29) is 6.04 Å². The first kappa shape index (κ1) is 12.3. The highest BCUT2D eigenvalue weighted by molar-refractivity contribution is 9.10. The summed E-state index contributed by atoms with van der Waals surface area (Å²) in [5, 5.41) is 0.